The minimum atomic E-state index is -0.523. The van der Waals surface area contributed by atoms with Crippen molar-refractivity contribution in [2.24, 2.45) is 0 Å². The number of ether oxygens (including phenoxy) is 2. The molecule has 2 atom stereocenters. The van der Waals surface area contributed by atoms with Crippen LogP contribution in [-0.4, -0.2) is 30.1 Å². The van der Waals surface area contributed by atoms with Gasteiger partial charge in [-0.2, -0.15) is 0 Å². The highest BCUT2D eigenvalue weighted by Gasteiger charge is 2.40. The molecule has 6 heteroatoms. The molecule has 1 amide bonds. The van der Waals surface area contributed by atoms with Gasteiger partial charge in [-0.1, -0.05) is 61.3 Å². The van der Waals surface area contributed by atoms with E-state index in [1.165, 1.54) is 5.56 Å². The number of esters is 1. The first-order valence-corrected chi connectivity index (χ1v) is 13.2. The van der Waals surface area contributed by atoms with Crippen molar-refractivity contribution >= 4 is 23.5 Å². The molecular weight excluding hydrogens is 486 g/mol. The Morgan fingerprint density at radius 3 is 2.24 bits per heavy atom. The SMILES string of the molecule is CCCCOc1ccc(Cl)cc1C(=O)NC1C[C@H]1c1ccc(-c2ccc(C(=O)OC(C)(C)C)cc2)cc1. The molecule has 5 nitrogen and oxygen atoms in total. The average molecular weight is 520 g/mol. The summed E-state index contributed by atoms with van der Waals surface area (Å²) in [6.07, 6.45) is 2.84. The number of rotatable bonds is 9. The lowest BCUT2D eigenvalue weighted by Crippen LogP contribution is -2.27. The predicted octanol–water partition coefficient (Wildman–Crippen LogP) is 7.43. The monoisotopic (exact) mass is 519 g/mol. The molecule has 3 aromatic rings. The Labute approximate surface area is 224 Å². The van der Waals surface area contributed by atoms with Gasteiger partial charge in [-0.3, -0.25) is 4.79 Å². The number of carbonyl (C=O) groups is 2. The third-order valence-corrected chi connectivity index (χ3v) is 6.48. The van der Waals surface area contributed by atoms with Crippen LogP contribution in [0.3, 0.4) is 0 Å². The molecule has 1 aliphatic carbocycles. The molecule has 194 valence electrons. The smallest absolute Gasteiger partial charge is 0.338 e. The normalized spacial score (nSPS) is 16.7. The van der Waals surface area contributed by atoms with Gasteiger partial charge in [0.25, 0.3) is 5.91 Å². The zero-order valence-corrected chi connectivity index (χ0v) is 22.6. The van der Waals surface area contributed by atoms with E-state index in [0.29, 0.717) is 28.5 Å². The summed E-state index contributed by atoms with van der Waals surface area (Å²) in [7, 11) is 0. The van der Waals surface area contributed by atoms with Crippen molar-refractivity contribution in [3.05, 3.63) is 88.4 Å². The molecular formula is C31H34ClNO4. The summed E-state index contributed by atoms with van der Waals surface area (Å²) in [5, 5.41) is 3.64. The van der Waals surface area contributed by atoms with E-state index in [9.17, 15) is 9.59 Å². The summed E-state index contributed by atoms with van der Waals surface area (Å²) in [5.41, 5.74) is 3.75. The standard InChI is InChI=1S/C31H34ClNO4/c1-5-6-17-36-28-16-15-24(32)18-26(28)29(34)33-27-19-25(27)22-11-7-20(8-12-22)21-9-13-23(14-10-21)30(35)37-31(2,3)4/h7-16,18,25,27H,5-6,17,19H2,1-4H3,(H,33,34)/t25-,27?/m0/s1. The van der Waals surface area contributed by atoms with Crippen molar-refractivity contribution in [1.82, 2.24) is 5.32 Å². The van der Waals surface area contributed by atoms with Crippen LogP contribution in [0.25, 0.3) is 11.1 Å². The van der Waals surface area contributed by atoms with Crippen molar-refractivity contribution < 1.29 is 19.1 Å². The zero-order chi connectivity index (χ0) is 26.6. The fourth-order valence-corrected chi connectivity index (χ4v) is 4.33. The topological polar surface area (TPSA) is 64.6 Å². The van der Waals surface area contributed by atoms with Gasteiger partial charge in [0.1, 0.15) is 11.4 Å². The Balaban J connectivity index is 1.36. The van der Waals surface area contributed by atoms with Crippen LogP contribution in [0.15, 0.2) is 66.7 Å². The number of hydrogen-bond acceptors (Lipinski definition) is 4. The maximum Gasteiger partial charge on any atom is 0.338 e. The van der Waals surface area contributed by atoms with Crippen LogP contribution >= 0.6 is 11.6 Å². The largest absolute Gasteiger partial charge is 0.493 e. The molecule has 3 aromatic carbocycles. The van der Waals surface area contributed by atoms with E-state index in [4.69, 9.17) is 21.1 Å². The molecule has 0 aromatic heterocycles. The van der Waals surface area contributed by atoms with Crippen LogP contribution in [0.1, 0.15) is 79.2 Å². The van der Waals surface area contributed by atoms with Gasteiger partial charge in [0, 0.05) is 17.0 Å². The third kappa shape index (κ3) is 7.14. The molecule has 1 saturated carbocycles. The van der Waals surface area contributed by atoms with Gasteiger partial charge in [-0.05, 0) is 80.6 Å². The lowest BCUT2D eigenvalue weighted by Gasteiger charge is -2.19. The van der Waals surface area contributed by atoms with Gasteiger partial charge in [-0.15, -0.1) is 0 Å². The average Bonchev–Trinajstić information content (AvgIpc) is 3.63. The zero-order valence-electron chi connectivity index (χ0n) is 21.8. The van der Waals surface area contributed by atoms with Crippen molar-refractivity contribution in [3.63, 3.8) is 0 Å². The molecule has 0 bridgehead atoms. The summed E-state index contributed by atoms with van der Waals surface area (Å²) < 4.78 is 11.3. The quantitative estimate of drug-likeness (QED) is 0.236. The summed E-state index contributed by atoms with van der Waals surface area (Å²) in [6.45, 7) is 8.23. The third-order valence-electron chi connectivity index (χ3n) is 6.24. The molecule has 0 heterocycles. The van der Waals surface area contributed by atoms with Crippen LogP contribution in [-0.2, 0) is 4.74 Å². The molecule has 0 radical (unpaired) electrons. The first-order chi connectivity index (χ1) is 17.6. The Kier molecular flexibility index (Phi) is 8.23. The summed E-state index contributed by atoms with van der Waals surface area (Å²) in [4.78, 5) is 25.2. The van der Waals surface area contributed by atoms with E-state index in [1.54, 1.807) is 30.3 Å². The lowest BCUT2D eigenvalue weighted by atomic mass is 10.0. The highest BCUT2D eigenvalue weighted by atomic mass is 35.5. The van der Waals surface area contributed by atoms with E-state index < -0.39 is 5.60 Å². The Morgan fingerprint density at radius 2 is 1.62 bits per heavy atom. The van der Waals surface area contributed by atoms with Gasteiger partial charge >= 0.3 is 5.97 Å². The minimum absolute atomic E-state index is 0.0777. The number of halogens is 1. The van der Waals surface area contributed by atoms with Crippen molar-refractivity contribution in [1.29, 1.82) is 0 Å². The first-order valence-electron chi connectivity index (χ1n) is 12.8. The van der Waals surface area contributed by atoms with Crippen LogP contribution in [0.2, 0.25) is 5.02 Å². The Hall–Kier alpha value is -3.31. The van der Waals surface area contributed by atoms with Gasteiger partial charge in [0.05, 0.1) is 17.7 Å². The molecule has 0 aliphatic heterocycles. The molecule has 0 spiro atoms. The first kappa shape index (κ1) is 26.7. The maximum atomic E-state index is 13.0. The highest BCUT2D eigenvalue weighted by Crippen LogP contribution is 2.41. The Morgan fingerprint density at radius 1 is 0.973 bits per heavy atom. The van der Waals surface area contributed by atoms with E-state index in [2.05, 4.69) is 36.5 Å². The van der Waals surface area contributed by atoms with Crippen molar-refractivity contribution in [3.8, 4) is 16.9 Å². The molecule has 37 heavy (non-hydrogen) atoms. The fraction of sp³-hybridized carbons (Fsp3) is 0.355. The molecule has 1 aliphatic rings. The van der Waals surface area contributed by atoms with E-state index in [1.807, 2.05) is 32.9 Å². The van der Waals surface area contributed by atoms with Gasteiger partial charge in [-0.25, -0.2) is 4.79 Å². The number of unbranched alkanes of at least 4 members (excludes halogenated alkanes) is 1. The van der Waals surface area contributed by atoms with Crippen LogP contribution in [0, 0.1) is 0 Å². The molecule has 4 rings (SSSR count). The maximum absolute atomic E-state index is 13.0. The summed E-state index contributed by atoms with van der Waals surface area (Å²) in [5.74, 6) is 0.350. The predicted molar refractivity (Wildman–Crippen MR) is 148 cm³/mol. The molecule has 1 N–H and O–H groups in total. The van der Waals surface area contributed by atoms with Crippen LogP contribution < -0.4 is 10.1 Å². The van der Waals surface area contributed by atoms with E-state index >= 15 is 0 Å². The molecule has 1 unspecified atom stereocenters. The second kappa shape index (κ2) is 11.4. The summed E-state index contributed by atoms with van der Waals surface area (Å²) >= 11 is 6.16. The molecule has 1 fully saturated rings. The van der Waals surface area contributed by atoms with Gasteiger partial charge in [0.15, 0.2) is 0 Å². The van der Waals surface area contributed by atoms with Gasteiger partial charge in [0.2, 0.25) is 0 Å². The second-order valence-corrected chi connectivity index (χ2v) is 10.9. The van der Waals surface area contributed by atoms with Crippen molar-refractivity contribution in [2.75, 3.05) is 6.61 Å². The van der Waals surface area contributed by atoms with Crippen molar-refractivity contribution in [2.45, 2.75) is 64.5 Å². The van der Waals surface area contributed by atoms with Crippen LogP contribution in [0.5, 0.6) is 5.75 Å². The second-order valence-electron chi connectivity index (χ2n) is 10.5. The lowest BCUT2D eigenvalue weighted by molar-refractivity contribution is 0.00694. The van der Waals surface area contributed by atoms with E-state index in [-0.39, 0.29) is 23.8 Å². The number of benzene rings is 3. The number of amides is 1. The van der Waals surface area contributed by atoms with E-state index in [0.717, 1.165) is 30.4 Å². The number of hydrogen-bond donors (Lipinski definition) is 1. The number of carbonyl (C=O) groups excluding carboxylic acids is 2. The minimum Gasteiger partial charge on any atom is -0.493 e. The number of nitrogens with one attached hydrogen (secondary N) is 1. The summed E-state index contributed by atoms with van der Waals surface area (Å²) in [6, 6.07) is 21.0. The van der Waals surface area contributed by atoms with Gasteiger partial charge < -0.3 is 14.8 Å². The molecule has 0 saturated heterocycles. The fourth-order valence-electron chi connectivity index (χ4n) is 4.16. The highest BCUT2D eigenvalue weighted by molar-refractivity contribution is 6.31. The Bertz CT molecular complexity index is 1250. The van der Waals surface area contributed by atoms with Crippen LogP contribution in [0.4, 0.5) is 0 Å².